The minimum atomic E-state index is 0.312. The molecule has 0 spiro atoms. The standard InChI is InChI=1S/C40H59N5/c41-29-37(26-34-16-7-2-8-17-34)44-31-40-22-13-25-45(40)32-39(28-36-20-11-4-12-21-36)43-30-38(27-35-18-9-3-10-19-35)42-24-23-33-14-5-1-6-15-33/h2-4,7-12,16-21,33,37-40,42-44H,1,5-6,13-15,22-32,41H2/t37-,38-,39-,40-/m0/s1. The van der Waals surface area contributed by atoms with Crippen molar-refractivity contribution in [2.75, 3.05) is 39.3 Å². The first-order valence-corrected chi connectivity index (χ1v) is 18.0. The fourth-order valence-corrected chi connectivity index (χ4v) is 7.58. The van der Waals surface area contributed by atoms with Gasteiger partial charge in [0.05, 0.1) is 0 Å². The highest BCUT2D eigenvalue weighted by Gasteiger charge is 2.28. The number of nitrogens with zero attached hydrogens (tertiary/aromatic N) is 1. The molecule has 2 aliphatic rings. The first kappa shape index (κ1) is 33.8. The quantitative estimate of drug-likeness (QED) is 0.135. The zero-order valence-corrected chi connectivity index (χ0v) is 27.6. The number of rotatable bonds is 19. The Bertz CT molecular complexity index is 1170. The van der Waals surface area contributed by atoms with Crippen LogP contribution >= 0.6 is 0 Å². The minimum absolute atomic E-state index is 0.312. The van der Waals surface area contributed by atoms with Gasteiger partial charge in [-0.3, -0.25) is 4.90 Å². The number of hydrogen-bond donors (Lipinski definition) is 4. The van der Waals surface area contributed by atoms with E-state index in [1.165, 1.54) is 74.6 Å². The molecule has 1 heterocycles. The average molecular weight is 610 g/mol. The van der Waals surface area contributed by atoms with Crippen molar-refractivity contribution >= 4 is 0 Å². The van der Waals surface area contributed by atoms with Crippen LogP contribution in [0.3, 0.4) is 0 Å². The second-order valence-corrected chi connectivity index (χ2v) is 13.7. The van der Waals surface area contributed by atoms with Crippen LogP contribution in [0.1, 0.15) is 68.1 Å². The van der Waals surface area contributed by atoms with Gasteiger partial charge in [0.1, 0.15) is 0 Å². The molecule has 0 aromatic heterocycles. The molecule has 0 amide bonds. The van der Waals surface area contributed by atoms with Crippen molar-refractivity contribution < 1.29 is 0 Å². The summed E-state index contributed by atoms with van der Waals surface area (Å²) in [5.41, 5.74) is 10.4. The molecule has 0 bridgehead atoms. The molecule has 2 fully saturated rings. The SMILES string of the molecule is NC[C@H](Cc1ccccc1)NC[C@@H]1CCCN1C[C@H](Cc1ccccc1)NC[C@H](Cc1ccccc1)NCCC1CCCCC1. The second kappa shape index (κ2) is 19.2. The van der Waals surface area contributed by atoms with Gasteiger partial charge in [-0.1, -0.05) is 123 Å². The molecule has 1 aliphatic heterocycles. The summed E-state index contributed by atoms with van der Waals surface area (Å²) in [6, 6.07) is 34.6. The topological polar surface area (TPSA) is 65.3 Å². The summed E-state index contributed by atoms with van der Waals surface area (Å²) >= 11 is 0. The highest BCUT2D eigenvalue weighted by Crippen LogP contribution is 2.26. The summed E-state index contributed by atoms with van der Waals surface area (Å²) in [7, 11) is 0. The zero-order chi connectivity index (χ0) is 30.9. The van der Waals surface area contributed by atoms with Crippen molar-refractivity contribution in [3.05, 3.63) is 108 Å². The summed E-state index contributed by atoms with van der Waals surface area (Å²) in [5, 5.41) is 11.9. The van der Waals surface area contributed by atoms with E-state index >= 15 is 0 Å². The third-order valence-electron chi connectivity index (χ3n) is 10.2. The molecule has 0 radical (unpaired) electrons. The van der Waals surface area contributed by atoms with Crippen LogP contribution in [0.25, 0.3) is 0 Å². The maximum absolute atomic E-state index is 6.21. The molecule has 244 valence electrons. The van der Waals surface area contributed by atoms with Gasteiger partial charge in [-0.15, -0.1) is 0 Å². The van der Waals surface area contributed by atoms with Gasteiger partial charge >= 0.3 is 0 Å². The van der Waals surface area contributed by atoms with Crippen molar-refractivity contribution in [2.45, 2.75) is 94.8 Å². The minimum Gasteiger partial charge on any atom is -0.329 e. The third-order valence-corrected chi connectivity index (χ3v) is 10.2. The molecule has 1 saturated carbocycles. The number of benzene rings is 3. The van der Waals surface area contributed by atoms with Crippen LogP contribution in [0.4, 0.5) is 0 Å². The lowest BCUT2D eigenvalue weighted by molar-refractivity contribution is 0.212. The molecule has 5 N–H and O–H groups in total. The summed E-state index contributed by atoms with van der Waals surface area (Å²) in [4.78, 5) is 2.74. The second-order valence-electron chi connectivity index (χ2n) is 13.7. The lowest BCUT2D eigenvalue weighted by atomic mass is 9.87. The van der Waals surface area contributed by atoms with E-state index in [9.17, 15) is 0 Å². The monoisotopic (exact) mass is 609 g/mol. The van der Waals surface area contributed by atoms with E-state index in [-0.39, 0.29) is 0 Å². The largest absolute Gasteiger partial charge is 0.329 e. The molecule has 0 unspecified atom stereocenters. The number of nitrogens with two attached hydrogens (primary N) is 1. The molecular weight excluding hydrogens is 550 g/mol. The number of nitrogens with one attached hydrogen (secondary N) is 3. The van der Waals surface area contributed by atoms with Gasteiger partial charge in [0.25, 0.3) is 0 Å². The molecule has 4 atom stereocenters. The molecule has 45 heavy (non-hydrogen) atoms. The zero-order valence-electron chi connectivity index (χ0n) is 27.6. The van der Waals surface area contributed by atoms with Crippen LogP contribution in [0.15, 0.2) is 91.0 Å². The maximum atomic E-state index is 6.21. The highest BCUT2D eigenvalue weighted by atomic mass is 15.2. The van der Waals surface area contributed by atoms with Crippen LogP contribution in [-0.4, -0.2) is 68.3 Å². The van der Waals surface area contributed by atoms with E-state index in [0.29, 0.717) is 30.7 Å². The summed E-state index contributed by atoms with van der Waals surface area (Å²) in [6.45, 7) is 6.03. The Morgan fingerprint density at radius 2 is 1.20 bits per heavy atom. The van der Waals surface area contributed by atoms with Gasteiger partial charge in [-0.05, 0) is 74.2 Å². The summed E-state index contributed by atoms with van der Waals surface area (Å²) < 4.78 is 0. The molecule has 5 rings (SSSR count). The summed E-state index contributed by atoms with van der Waals surface area (Å²) in [5.74, 6) is 0.912. The van der Waals surface area contributed by atoms with Crippen LogP contribution in [0, 0.1) is 5.92 Å². The number of hydrogen-bond acceptors (Lipinski definition) is 5. The Morgan fingerprint density at radius 1 is 0.622 bits per heavy atom. The first-order valence-electron chi connectivity index (χ1n) is 18.0. The van der Waals surface area contributed by atoms with Gasteiger partial charge in [-0.25, -0.2) is 0 Å². The molecule has 5 nitrogen and oxygen atoms in total. The lowest BCUT2D eigenvalue weighted by Crippen LogP contribution is -2.51. The Morgan fingerprint density at radius 3 is 1.80 bits per heavy atom. The van der Waals surface area contributed by atoms with Crippen molar-refractivity contribution in [1.82, 2.24) is 20.9 Å². The number of likely N-dealkylation sites (tertiary alicyclic amines) is 1. The molecular formula is C40H59N5. The Hall–Kier alpha value is -2.54. The van der Waals surface area contributed by atoms with Gasteiger partial charge in [-0.2, -0.15) is 0 Å². The maximum Gasteiger partial charge on any atom is 0.0236 e. The van der Waals surface area contributed by atoms with Crippen LogP contribution in [0.5, 0.6) is 0 Å². The van der Waals surface area contributed by atoms with E-state index in [1.54, 1.807) is 0 Å². The van der Waals surface area contributed by atoms with E-state index < -0.39 is 0 Å². The fourth-order valence-electron chi connectivity index (χ4n) is 7.58. The average Bonchev–Trinajstić information content (AvgIpc) is 3.53. The van der Waals surface area contributed by atoms with Crippen molar-refractivity contribution in [2.24, 2.45) is 11.7 Å². The van der Waals surface area contributed by atoms with Gasteiger partial charge in [0.15, 0.2) is 0 Å². The van der Waals surface area contributed by atoms with E-state index in [4.69, 9.17) is 5.73 Å². The van der Waals surface area contributed by atoms with E-state index in [0.717, 1.165) is 51.4 Å². The Kier molecular flexibility index (Phi) is 14.4. The predicted octanol–water partition coefficient (Wildman–Crippen LogP) is 5.98. The fraction of sp³-hybridized carbons (Fsp3) is 0.550. The Balaban J connectivity index is 1.18. The predicted molar refractivity (Wildman–Crippen MR) is 191 cm³/mol. The smallest absolute Gasteiger partial charge is 0.0236 e. The van der Waals surface area contributed by atoms with Gasteiger partial charge < -0.3 is 21.7 Å². The van der Waals surface area contributed by atoms with Crippen molar-refractivity contribution in [3.8, 4) is 0 Å². The third kappa shape index (κ3) is 12.0. The normalized spacial score (nSPS) is 19.8. The van der Waals surface area contributed by atoms with Gasteiger partial charge in [0, 0.05) is 50.3 Å². The van der Waals surface area contributed by atoms with Crippen LogP contribution in [-0.2, 0) is 19.3 Å². The molecule has 1 saturated heterocycles. The van der Waals surface area contributed by atoms with Crippen molar-refractivity contribution in [1.29, 1.82) is 0 Å². The Labute approximate surface area is 273 Å². The van der Waals surface area contributed by atoms with Gasteiger partial charge in [0.2, 0.25) is 0 Å². The first-order chi connectivity index (χ1) is 22.2. The molecule has 3 aromatic carbocycles. The van der Waals surface area contributed by atoms with E-state index in [1.807, 2.05) is 0 Å². The van der Waals surface area contributed by atoms with Crippen molar-refractivity contribution in [3.63, 3.8) is 0 Å². The molecule has 5 heteroatoms. The summed E-state index contributed by atoms with van der Waals surface area (Å²) in [6.07, 6.45) is 14.1. The molecule has 1 aliphatic carbocycles. The van der Waals surface area contributed by atoms with E-state index in [2.05, 4.69) is 112 Å². The van der Waals surface area contributed by atoms with Crippen LogP contribution in [0.2, 0.25) is 0 Å². The highest BCUT2D eigenvalue weighted by molar-refractivity contribution is 5.18. The lowest BCUT2D eigenvalue weighted by Gasteiger charge is -2.32. The van der Waals surface area contributed by atoms with Crippen LogP contribution < -0.4 is 21.7 Å². The molecule has 3 aromatic rings.